The van der Waals surface area contributed by atoms with Crippen LogP contribution in [0.5, 0.6) is 0 Å². The normalized spacial score (nSPS) is 30.2. The first-order valence-electron chi connectivity index (χ1n) is 7.72. The van der Waals surface area contributed by atoms with Crippen LogP contribution in [0.25, 0.3) is 0 Å². The summed E-state index contributed by atoms with van der Waals surface area (Å²) in [5.74, 6) is 1.52. The van der Waals surface area contributed by atoms with Crippen molar-refractivity contribution in [3.05, 3.63) is 21.9 Å². The van der Waals surface area contributed by atoms with Gasteiger partial charge in [0.05, 0.1) is 6.04 Å². The SMILES string of the molecule is Cc1ccc(CC(C)NC(=O)C2NCC3CCCC32)s1. The van der Waals surface area contributed by atoms with Gasteiger partial charge < -0.3 is 10.6 Å². The van der Waals surface area contributed by atoms with Crippen LogP contribution in [0.4, 0.5) is 0 Å². The summed E-state index contributed by atoms with van der Waals surface area (Å²) in [4.78, 5) is 15.1. The van der Waals surface area contributed by atoms with Crippen molar-refractivity contribution in [2.45, 2.75) is 51.6 Å². The van der Waals surface area contributed by atoms with Crippen molar-refractivity contribution in [3.63, 3.8) is 0 Å². The van der Waals surface area contributed by atoms with Crippen LogP contribution in [0.3, 0.4) is 0 Å². The molecule has 3 rings (SSSR count). The van der Waals surface area contributed by atoms with Crippen LogP contribution >= 0.6 is 11.3 Å². The predicted molar refractivity (Wildman–Crippen MR) is 83.0 cm³/mol. The summed E-state index contributed by atoms with van der Waals surface area (Å²) in [5, 5.41) is 6.62. The second-order valence-electron chi connectivity index (χ2n) is 6.37. The number of aryl methyl sites for hydroxylation is 1. The summed E-state index contributed by atoms with van der Waals surface area (Å²) in [6.45, 7) is 5.26. The lowest BCUT2D eigenvalue weighted by Gasteiger charge is -2.21. The third kappa shape index (κ3) is 2.91. The first-order valence-corrected chi connectivity index (χ1v) is 8.54. The molecule has 20 heavy (non-hydrogen) atoms. The fraction of sp³-hybridized carbons (Fsp3) is 0.688. The molecule has 2 N–H and O–H groups in total. The second kappa shape index (κ2) is 5.86. The number of hydrogen-bond acceptors (Lipinski definition) is 3. The summed E-state index contributed by atoms with van der Waals surface area (Å²) in [7, 11) is 0. The van der Waals surface area contributed by atoms with Crippen LogP contribution < -0.4 is 10.6 Å². The molecular weight excluding hydrogens is 268 g/mol. The van der Waals surface area contributed by atoms with Crippen molar-refractivity contribution in [2.24, 2.45) is 11.8 Å². The van der Waals surface area contributed by atoms with Crippen molar-refractivity contribution in [1.82, 2.24) is 10.6 Å². The van der Waals surface area contributed by atoms with E-state index >= 15 is 0 Å². The minimum absolute atomic E-state index is 0.0509. The van der Waals surface area contributed by atoms with Crippen molar-refractivity contribution < 1.29 is 4.79 Å². The predicted octanol–water partition coefficient (Wildman–Crippen LogP) is 2.49. The van der Waals surface area contributed by atoms with Gasteiger partial charge in [-0.25, -0.2) is 0 Å². The van der Waals surface area contributed by atoms with Crippen molar-refractivity contribution in [2.75, 3.05) is 6.54 Å². The molecular formula is C16H24N2OS. The highest BCUT2D eigenvalue weighted by molar-refractivity contribution is 7.11. The Morgan fingerprint density at radius 3 is 3.10 bits per heavy atom. The highest BCUT2D eigenvalue weighted by Crippen LogP contribution is 2.37. The average molecular weight is 292 g/mol. The van der Waals surface area contributed by atoms with Gasteiger partial charge in [0.15, 0.2) is 0 Å². The van der Waals surface area contributed by atoms with Gasteiger partial charge in [-0.2, -0.15) is 0 Å². The van der Waals surface area contributed by atoms with E-state index in [0.717, 1.165) is 18.9 Å². The molecule has 110 valence electrons. The van der Waals surface area contributed by atoms with E-state index < -0.39 is 0 Å². The number of thiophene rings is 1. The number of hydrogen-bond donors (Lipinski definition) is 2. The molecule has 3 nitrogen and oxygen atoms in total. The van der Waals surface area contributed by atoms with Gasteiger partial charge in [-0.15, -0.1) is 11.3 Å². The van der Waals surface area contributed by atoms with Crippen molar-refractivity contribution >= 4 is 17.2 Å². The molecule has 4 unspecified atom stereocenters. The minimum Gasteiger partial charge on any atom is -0.352 e. The van der Waals surface area contributed by atoms with Gasteiger partial charge >= 0.3 is 0 Å². The molecule has 1 saturated carbocycles. The third-order valence-corrected chi connectivity index (χ3v) is 5.74. The Bertz CT molecular complexity index is 485. The number of rotatable bonds is 4. The van der Waals surface area contributed by atoms with Gasteiger partial charge in [-0.05, 0) is 57.2 Å². The van der Waals surface area contributed by atoms with Gasteiger partial charge in [-0.1, -0.05) is 6.42 Å². The van der Waals surface area contributed by atoms with E-state index in [1.54, 1.807) is 0 Å². The van der Waals surface area contributed by atoms with Crippen LogP contribution in [0.15, 0.2) is 12.1 Å². The van der Waals surface area contributed by atoms with Crippen LogP contribution in [-0.4, -0.2) is 24.5 Å². The van der Waals surface area contributed by atoms with Gasteiger partial charge in [0.25, 0.3) is 0 Å². The van der Waals surface area contributed by atoms with Crippen molar-refractivity contribution in [3.8, 4) is 0 Å². The molecule has 0 radical (unpaired) electrons. The Labute approximate surface area is 125 Å². The summed E-state index contributed by atoms with van der Waals surface area (Å²) in [6, 6.07) is 4.58. The summed E-state index contributed by atoms with van der Waals surface area (Å²) >= 11 is 1.82. The quantitative estimate of drug-likeness (QED) is 0.895. The van der Waals surface area contributed by atoms with Gasteiger partial charge in [0, 0.05) is 22.2 Å². The first kappa shape index (κ1) is 14.1. The zero-order chi connectivity index (χ0) is 14.1. The summed E-state index contributed by atoms with van der Waals surface area (Å²) < 4.78 is 0. The van der Waals surface area contributed by atoms with Gasteiger partial charge in [0.1, 0.15) is 0 Å². The standard InChI is InChI=1S/C16H24N2OS/c1-10(8-13-7-6-11(2)20-13)18-16(19)15-14-5-3-4-12(14)9-17-15/h6-7,10,12,14-15,17H,3-5,8-9H2,1-2H3,(H,18,19). The molecule has 1 aliphatic heterocycles. The highest BCUT2D eigenvalue weighted by Gasteiger charge is 2.42. The Morgan fingerprint density at radius 2 is 2.35 bits per heavy atom. The van der Waals surface area contributed by atoms with Gasteiger partial charge in [0.2, 0.25) is 5.91 Å². The molecule has 2 aliphatic rings. The van der Waals surface area contributed by atoms with Crippen molar-refractivity contribution in [1.29, 1.82) is 0 Å². The number of nitrogens with one attached hydrogen (secondary N) is 2. The van der Waals surface area contributed by atoms with Crippen LogP contribution in [0.2, 0.25) is 0 Å². The molecule has 0 bridgehead atoms. The van der Waals surface area contributed by atoms with E-state index in [0.29, 0.717) is 5.92 Å². The average Bonchev–Trinajstić information content (AvgIpc) is 3.04. The highest BCUT2D eigenvalue weighted by atomic mass is 32.1. The molecule has 1 aliphatic carbocycles. The topological polar surface area (TPSA) is 41.1 Å². The Balaban J connectivity index is 1.53. The van der Waals surface area contributed by atoms with E-state index in [1.807, 2.05) is 11.3 Å². The minimum atomic E-state index is 0.0509. The maximum Gasteiger partial charge on any atom is 0.237 e. The largest absolute Gasteiger partial charge is 0.352 e. The molecule has 1 aromatic heterocycles. The first-order chi connectivity index (χ1) is 9.63. The second-order valence-corrected chi connectivity index (χ2v) is 7.74. The molecule has 2 heterocycles. The van der Waals surface area contributed by atoms with E-state index in [1.165, 1.54) is 29.0 Å². The number of carbonyl (C=O) groups is 1. The fourth-order valence-corrected chi connectivity index (χ4v) is 4.77. The number of carbonyl (C=O) groups excluding carboxylic acids is 1. The van der Waals surface area contributed by atoms with Crippen LogP contribution in [-0.2, 0) is 11.2 Å². The maximum absolute atomic E-state index is 12.4. The van der Waals surface area contributed by atoms with E-state index in [4.69, 9.17) is 0 Å². The third-order valence-electron chi connectivity index (χ3n) is 4.72. The molecule has 0 aromatic carbocycles. The molecule has 2 fully saturated rings. The lowest BCUT2D eigenvalue weighted by Crippen LogP contribution is -2.47. The number of fused-ring (bicyclic) bond motifs is 1. The van der Waals surface area contributed by atoms with Crippen LogP contribution in [0, 0.1) is 18.8 Å². The zero-order valence-electron chi connectivity index (χ0n) is 12.3. The van der Waals surface area contributed by atoms with E-state index in [-0.39, 0.29) is 18.0 Å². The maximum atomic E-state index is 12.4. The van der Waals surface area contributed by atoms with Crippen LogP contribution in [0.1, 0.15) is 35.9 Å². The molecule has 1 amide bonds. The Hall–Kier alpha value is -0.870. The molecule has 4 atom stereocenters. The lowest BCUT2D eigenvalue weighted by molar-refractivity contribution is -0.124. The molecule has 0 spiro atoms. The lowest BCUT2D eigenvalue weighted by atomic mass is 9.93. The fourth-order valence-electron chi connectivity index (χ4n) is 3.75. The number of amides is 1. The van der Waals surface area contributed by atoms with E-state index in [9.17, 15) is 4.79 Å². The Morgan fingerprint density at radius 1 is 1.50 bits per heavy atom. The molecule has 4 heteroatoms. The molecule has 1 aromatic rings. The van der Waals surface area contributed by atoms with Gasteiger partial charge in [-0.3, -0.25) is 4.79 Å². The molecule has 1 saturated heterocycles. The summed E-state index contributed by atoms with van der Waals surface area (Å²) in [5.41, 5.74) is 0. The smallest absolute Gasteiger partial charge is 0.237 e. The summed E-state index contributed by atoms with van der Waals surface area (Å²) in [6.07, 6.45) is 4.75. The zero-order valence-corrected chi connectivity index (χ0v) is 13.1. The Kier molecular flexibility index (Phi) is 4.13. The van der Waals surface area contributed by atoms with E-state index in [2.05, 4.69) is 36.6 Å². The monoisotopic (exact) mass is 292 g/mol.